The van der Waals surface area contributed by atoms with Crippen LogP contribution in [-0.4, -0.2) is 60.3 Å². The Bertz CT molecular complexity index is 327. The summed E-state index contributed by atoms with van der Waals surface area (Å²) < 4.78 is 4.80. The number of carbonyl (C=O) groups is 2. The van der Waals surface area contributed by atoms with Crippen LogP contribution in [0.15, 0.2) is 0 Å². The molecule has 1 amide bonds. The van der Waals surface area contributed by atoms with Crippen molar-refractivity contribution in [1.29, 1.82) is 0 Å². The lowest BCUT2D eigenvalue weighted by Crippen LogP contribution is -2.63. The van der Waals surface area contributed by atoms with Gasteiger partial charge in [-0.1, -0.05) is 13.3 Å². The quantitative estimate of drug-likeness (QED) is 0.470. The minimum Gasteiger partial charge on any atom is -0.466 e. The van der Waals surface area contributed by atoms with Gasteiger partial charge in [0.25, 0.3) is 0 Å². The van der Waals surface area contributed by atoms with Crippen molar-refractivity contribution in [2.75, 3.05) is 32.8 Å². The van der Waals surface area contributed by atoms with Crippen molar-refractivity contribution in [2.24, 2.45) is 0 Å². The lowest BCUT2D eigenvalue weighted by molar-refractivity contribution is -0.143. The molecular formula is C14H26N2O4. The summed E-state index contributed by atoms with van der Waals surface area (Å²) in [6.07, 6.45) is 2.65. The molecule has 1 aliphatic heterocycles. The summed E-state index contributed by atoms with van der Waals surface area (Å²) in [6, 6.07) is 0. The van der Waals surface area contributed by atoms with Crippen LogP contribution in [0.3, 0.4) is 0 Å². The number of hydrogen-bond donors (Lipinski definition) is 2. The molecule has 2 N–H and O–H groups in total. The predicted molar refractivity (Wildman–Crippen MR) is 75.2 cm³/mol. The lowest BCUT2D eigenvalue weighted by Gasteiger charge is -2.46. The molecule has 0 unspecified atom stereocenters. The molecule has 1 fully saturated rings. The third-order valence-electron chi connectivity index (χ3n) is 3.30. The van der Waals surface area contributed by atoms with Crippen LogP contribution < -0.4 is 5.32 Å². The highest BCUT2D eigenvalue weighted by molar-refractivity contribution is 5.78. The molecule has 1 heterocycles. The largest absolute Gasteiger partial charge is 0.466 e. The number of nitrogens with zero attached hydrogens (tertiary/aromatic N) is 1. The van der Waals surface area contributed by atoms with Gasteiger partial charge in [0.15, 0.2) is 0 Å². The fraction of sp³-hybridized carbons (Fsp3) is 0.857. The van der Waals surface area contributed by atoms with Gasteiger partial charge in [-0.15, -0.1) is 0 Å². The summed E-state index contributed by atoms with van der Waals surface area (Å²) in [7, 11) is 0. The van der Waals surface area contributed by atoms with E-state index >= 15 is 0 Å². The minimum absolute atomic E-state index is 0.0626. The second kappa shape index (κ2) is 8.21. The maximum atomic E-state index is 11.6. The molecule has 1 aliphatic rings. The molecule has 0 atom stereocenters. The standard InChI is InChI=1S/C14H26N2O4/c1-3-7-14(19)10-16(11-14)9-12(17)15-8-5-6-13(18)20-4-2/h19H,3-11H2,1-2H3,(H,15,17). The van der Waals surface area contributed by atoms with Crippen molar-refractivity contribution in [3.8, 4) is 0 Å². The first-order valence-corrected chi connectivity index (χ1v) is 7.36. The first kappa shape index (κ1) is 16.9. The van der Waals surface area contributed by atoms with Crippen LogP contribution in [0.25, 0.3) is 0 Å². The Kier molecular flexibility index (Phi) is 6.95. The average molecular weight is 286 g/mol. The SMILES string of the molecule is CCCC1(O)CN(CC(=O)NCCCC(=O)OCC)C1. The van der Waals surface area contributed by atoms with Gasteiger partial charge in [0.05, 0.1) is 18.8 Å². The van der Waals surface area contributed by atoms with E-state index < -0.39 is 5.60 Å². The van der Waals surface area contributed by atoms with E-state index in [-0.39, 0.29) is 11.9 Å². The third kappa shape index (κ3) is 5.88. The van der Waals surface area contributed by atoms with Crippen LogP contribution in [0.5, 0.6) is 0 Å². The zero-order valence-corrected chi connectivity index (χ0v) is 12.5. The molecule has 0 saturated carbocycles. The van der Waals surface area contributed by atoms with Gasteiger partial charge in [-0.3, -0.25) is 14.5 Å². The predicted octanol–water partition coefficient (Wildman–Crippen LogP) is 0.293. The van der Waals surface area contributed by atoms with Crippen LogP contribution in [-0.2, 0) is 14.3 Å². The van der Waals surface area contributed by atoms with Gasteiger partial charge < -0.3 is 15.2 Å². The maximum absolute atomic E-state index is 11.6. The van der Waals surface area contributed by atoms with E-state index in [2.05, 4.69) is 5.32 Å². The van der Waals surface area contributed by atoms with Crippen LogP contribution in [0.2, 0.25) is 0 Å². The number of amides is 1. The first-order chi connectivity index (χ1) is 9.49. The fourth-order valence-electron chi connectivity index (χ4n) is 2.47. The Hall–Kier alpha value is -1.14. The van der Waals surface area contributed by atoms with Crippen LogP contribution in [0.1, 0.15) is 39.5 Å². The van der Waals surface area contributed by atoms with E-state index in [0.717, 1.165) is 12.8 Å². The van der Waals surface area contributed by atoms with E-state index in [1.807, 2.05) is 11.8 Å². The molecule has 0 aromatic carbocycles. The van der Waals surface area contributed by atoms with Gasteiger partial charge in [0.1, 0.15) is 0 Å². The molecule has 0 aliphatic carbocycles. The number of nitrogens with one attached hydrogen (secondary N) is 1. The van der Waals surface area contributed by atoms with Crippen LogP contribution >= 0.6 is 0 Å². The van der Waals surface area contributed by atoms with Crippen LogP contribution in [0, 0.1) is 0 Å². The highest BCUT2D eigenvalue weighted by atomic mass is 16.5. The number of aliphatic hydroxyl groups is 1. The number of ether oxygens (including phenoxy) is 1. The molecular weight excluding hydrogens is 260 g/mol. The summed E-state index contributed by atoms with van der Waals surface area (Å²) in [5.74, 6) is -0.290. The van der Waals surface area contributed by atoms with E-state index in [1.54, 1.807) is 6.92 Å². The van der Waals surface area contributed by atoms with E-state index in [0.29, 0.717) is 45.6 Å². The molecule has 0 aromatic heterocycles. The second-order valence-corrected chi connectivity index (χ2v) is 5.38. The number of hydrogen-bond acceptors (Lipinski definition) is 5. The Morgan fingerprint density at radius 3 is 2.65 bits per heavy atom. The Morgan fingerprint density at radius 2 is 2.05 bits per heavy atom. The number of carbonyl (C=O) groups excluding carboxylic acids is 2. The zero-order valence-electron chi connectivity index (χ0n) is 12.5. The smallest absolute Gasteiger partial charge is 0.305 e. The monoisotopic (exact) mass is 286 g/mol. The van der Waals surface area contributed by atoms with E-state index in [1.165, 1.54) is 0 Å². The van der Waals surface area contributed by atoms with Crippen molar-refractivity contribution < 1.29 is 19.4 Å². The second-order valence-electron chi connectivity index (χ2n) is 5.38. The van der Waals surface area contributed by atoms with Crippen LogP contribution in [0.4, 0.5) is 0 Å². The average Bonchev–Trinajstić information content (AvgIpc) is 2.33. The highest BCUT2D eigenvalue weighted by Crippen LogP contribution is 2.24. The van der Waals surface area contributed by atoms with E-state index in [9.17, 15) is 14.7 Å². The Labute approximate surface area is 120 Å². The van der Waals surface area contributed by atoms with Gasteiger partial charge in [0.2, 0.25) is 5.91 Å². The topological polar surface area (TPSA) is 78.9 Å². The molecule has 0 spiro atoms. The number of likely N-dealkylation sites (tertiary alicyclic amines) is 1. The molecule has 1 rings (SSSR count). The minimum atomic E-state index is -0.598. The number of rotatable bonds is 9. The summed E-state index contributed by atoms with van der Waals surface area (Å²) >= 11 is 0. The molecule has 6 heteroatoms. The van der Waals surface area contributed by atoms with Gasteiger partial charge in [-0.2, -0.15) is 0 Å². The Balaban J connectivity index is 2.03. The van der Waals surface area contributed by atoms with Crippen molar-refractivity contribution in [1.82, 2.24) is 10.2 Å². The molecule has 116 valence electrons. The molecule has 20 heavy (non-hydrogen) atoms. The summed E-state index contributed by atoms with van der Waals surface area (Å²) in [5.41, 5.74) is -0.598. The van der Waals surface area contributed by atoms with Gasteiger partial charge in [-0.25, -0.2) is 0 Å². The lowest BCUT2D eigenvalue weighted by atomic mass is 9.89. The maximum Gasteiger partial charge on any atom is 0.305 e. The molecule has 1 saturated heterocycles. The fourth-order valence-corrected chi connectivity index (χ4v) is 2.47. The number of β-amino-alcohol motifs (C(OH)–C–C–N with tert-alkyl or cyclic N) is 1. The normalized spacial score (nSPS) is 17.4. The zero-order chi connectivity index (χ0) is 15.0. The summed E-state index contributed by atoms with van der Waals surface area (Å²) in [6.45, 7) is 6.12. The van der Waals surface area contributed by atoms with Gasteiger partial charge >= 0.3 is 5.97 Å². The van der Waals surface area contributed by atoms with Gasteiger partial charge in [0, 0.05) is 26.1 Å². The summed E-state index contributed by atoms with van der Waals surface area (Å²) in [5, 5.41) is 12.8. The molecule has 6 nitrogen and oxygen atoms in total. The van der Waals surface area contributed by atoms with Crippen molar-refractivity contribution in [3.05, 3.63) is 0 Å². The molecule has 0 aromatic rings. The molecule has 0 radical (unpaired) electrons. The summed E-state index contributed by atoms with van der Waals surface area (Å²) in [4.78, 5) is 24.6. The van der Waals surface area contributed by atoms with Crippen molar-refractivity contribution in [2.45, 2.75) is 45.1 Å². The highest BCUT2D eigenvalue weighted by Gasteiger charge is 2.40. The van der Waals surface area contributed by atoms with E-state index in [4.69, 9.17) is 4.74 Å². The number of esters is 1. The third-order valence-corrected chi connectivity index (χ3v) is 3.30. The van der Waals surface area contributed by atoms with Gasteiger partial charge in [-0.05, 0) is 19.8 Å². The first-order valence-electron chi connectivity index (χ1n) is 7.36. The Morgan fingerprint density at radius 1 is 1.35 bits per heavy atom. The van der Waals surface area contributed by atoms with Crippen molar-refractivity contribution >= 4 is 11.9 Å². The van der Waals surface area contributed by atoms with Crippen molar-refractivity contribution in [3.63, 3.8) is 0 Å². The molecule has 0 bridgehead atoms.